The molecule has 1 fully saturated rings. The van der Waals surface area contributed by atoms with Gasteiger partial charge in [-0.2, -0.15) is 0 Å². The second kappa shape index (κ2) is 4.52. The molecule has 1 aliphatic rings. The third kappa shape index (κ3) is 3.20. The second-order valence-electron chi connectivity index (χ2n) is 5.39. The molecule has 1 rings (SSSR count). The molecule has 3 N–H and O–H groups in total. The molecule has 0 aliphatic heterocycles. The first-order valence-corrected chi connectivity index (χ1v) is 6.01. The Kier molecular flexibility index (Phi) is 3.77. The van der Waals surface area contributed by atoms with Gasteiger partial charge in [0.1, 0.15) is 0 Å². The lowest BCUT2D eigenvalue weighted by Gasteiger charge is -2.31. The highest BCUT2D eigenvalue weighted by molar-refractivity contribution is 5.86. The maximum Gasteiger partial charge on any atom is 0.240 e. The van der Waals surface area contributed by atoms with Crippen LogP contribution >= 0.6 is 0 Å². The van der Waals surface area contributed by atoms with Gasteiger partial charge in [-0.25, -0.2) is 0 Å². The largest absolute Gasteiger partial charge is 0.349 e. The molecule has 0 aromatic rings. The number of rotatable bonds is 4. The zero-order valence-corrected chi connectivity index (χ0v) is 10.2. The first-order valence-electron chi connectivity index (χ1n) is 6.01. The molecule has 88 valence electrons. The number of hydrogen-bond acceptors (Lipinski definition) is 2. The van der Waals surface area contributed by atoms with E-state index in [2.05, 4.69) is 19.2 Å². The fraction of sp³-hybridized carbons (Fsp3) is 0.917. The van der Waals surface area contributed by atoms with Crippen molar-refractivity contribution in [1.82, 2.24) is 5.32 Å². The van der Waals surface area contributed by atoms with Gasteiger partial charge in [0.25, 0.3) is 0 Å². The molecular weight excluding hydrogens is 188 g/mol. The minimum absolute atomic E-state index is 0.00810. The van der Waals surface area contributed by atoms with Crippen molar-refractivity contribution in [1.29, 1.82) is 0 Å². The van der Waals surface area contributed by atoms with Crippen molar-refractivity contribution in [2.75, 3.05) is 0 Å². The van der Waals surface area contributed by atoms with Crippen molar-refractivity contribution < 1.29 is 4.79 Å². The highest BCUT2D eigenvalue weighted by Crippen LogP contribution is 2.29. The van der Waals surface area contributed by atoms with E-state index >= 15 is 0 Å². The van der Waals surface area contributed by atoms with Crippen LogP contribution in [0.2, 0.25) is 0 Å². The zero-order valence-electron chi connectivity index (χ0n) is 10.2. The normalized spacial score (nSPS) is 23.5. The average molecular weight is 212 g/mol. The number of carbonyl (C=O) groups is 1. The maximum absolute atomic E-state index is 12.0. The third-order valence-electron chi connectivity index (χ3n) is 3.41. The van der Waals surface area contributed by atoms with Crippen LogP contribution in [-0.4, -0.2) is 17.0 Å². The van der Waals surface area contributed by atoms with Gasteiger partial charge in [-0.1, -0.05) is 26.2 Å². The van der Waals surface area contributed by atoms with Crippen molar-refractivity contribution in [2.45, 2.75) is 70.4 Å². The summed E-state index contributed by atoms with van der Waals surface area (Å²) >= 11 is 0. The molecule has 1 atom stereocenters. The van der Waals surface area contributed by atoms with Crippen molar-refractivity contribution in [3.8, 4) is 0 Å². The van der Waals surface area contributed by atoms with Crippen molar-refractivity contribution in [3.63, 3.8) is 0 Å². The summed E-state index contributed by atoms with van der Waals surface area (Å²) in [5.74, 6) is 0.00810. The molecule has 15 heavy (non-hydrogen) atoms. The fourth-order valence-corrected chi connectivity index (χ4v) is 2.33. The van der Waals surface area contributed by atoms with Crippen LogP contribution in [0.4, 0.5) is 0 Å². The summed E-state index contributed by atoms with van der Waals surface area (Å²) in [5, 5.41) is 3.12. The minimum atomic E-state index is -0.708. The molecular formula is C12H24N2O. The molecule has 1 amide bonds. The highest BCUT2D eigenvalue weighted by atomic mass is 16.2. The monoisotopic (exact) mass is 212 g/mol. The molecule has 3 heteroatoms. The van der Waals surface area contributed by atoms with Gasteiger partial charge in [-0.3, -0.25) is 4.79 Å². The van der Waals surface area contributed by atoms with E-state index in [0.717, 1.165) is 25.7 Å². The summed E-state index contributed by atoms with van der Waals surface area (Å²) in [6.45, 7) is 6.00. The van der Waals surface area contributed by atoms with E-state index in [1.54, 1.807) is 0 Å². The smallest absolute Gasteiger partial charge is 0.240 e. The zero-order chi connectivity index (χ0) is 11.5. The van der Waals surface area contributed by atoms with Crippen LogP contribution in [0.3, 0.4) is 0 Å². The number of amides is 1. The first-order chi connectivity index (χ1) is 6.90. The lowest BCUT2D eigenvalue weighted by Crippen LogP contribution is -2.57. The Morgan fingerprint density at radius 2 is 2.00 bits per heavy atom. The fourth-order valence-electron chi connectivity index (χ4n) is 2.33. The van der Waals surface area contributed by atoms with Gasteiger partial charge >= 0.3 is 0 Å². The standard InChI is InChI=1S/C12H24N2O/c1-4-7-12(3,13)10(15)14-11(2)8-5-6-9-11/h4-9,13H2,1-3H3,(H,14,15). The van der Waals surface area contributed by atoms with Gasteiger partial charge in [0.2, 0.25) is 5.91 Å². The topological polar surface area (TPSA) is 55.1 Å². The van der Waals surface area contributed by atoms with Gasteiger partial charge in [0.15, 0.2) is 0 Å². The predicted molar refractivity (Wildman–Crippen MR) is 62.5 cm³/mol. The lowest BCUT2D eigenvalue weighted by molar-refractivity contribution is -0.127. The molecule has 0 saturated heterocycles. The summed E-state index contributed by atoms with van der Waals surface area (Å²) in [7, 11) is 0. The minimum Gasteiger partial charge on any atom is -0.349 e. The van der Waals surface area contributed by atoms with Crippen LogP contribution in [0, 0.1) is 0 Å². The average Bonchev–Trinajstić information content (AvgIpc) is 2.51. The van der Waals surface area contributed by atoms with Gasteiger partial charge in [-0.15, -0.1) is 0 Å². The van der Waals surface area contributed by atoms with Crippen LogP contribution in [0.1, 0.15) is 59.3 Å². The van der Waals surface area contributed by atoms with Crippen LogP contribution in [0.25, 0.3) is 0 Å². The van der Waals surface area contributed by atoms with Crippen LogP contribution in [0.15, 0.2) is 0 Å². The Labute approximate surface area is 92.8 Å². The summed E-state index contributed by atoms with van der Waals surface area (Å²) < 4.78 is 0. The van der Waals surface area contributed by atoms with E-state index < -0.39 is 5.54 Å². The van der Waals surface area contributed by atoms with Gasteiger partial charge < -0.3 is 11.1 Å². The molecule has 1 saturated carbocycles. The van der Waals surface area contributed by atoms with Crippen LogP contribution in [-0.2, 0) is 4.79 Å². The second-order valence-corrected chi connectivity index (χ2v) is 5.39. The molecule has 0 bridgehead atoms. The molecule has 1 unspecified atom stereocenters. The molecule has 0 aromatic carbocycles. The first kappa shape index (κ1) is 12.5. The molecule has 0 heterocycles. The highest BCUT2D eigenvalue weighted by Gasteiger charge is 2.35. The maximum atomic E-state index is 12.0. The van der Waals surface area contributed by atoms with E-state index in [9.17, 15) is 4.79 Å². The molecule has 0 aromatic heterocycles. The number of nitrogens with one attached hydrogen (secondary N) is 1. The Balaban J connectivity index is 2.54. The summed E-state index contributed by atoms with van der Waals surface area (Å²) in [6, 6.07) is 0. The summed E-state index contributed by atoms with van der Waals surface area (Å²) in [5.41, 5.74) is 5.28. The van der Waals surface area contributed by atoms with Gasteiger partial charge in [0, 0.05) is 5.54 Å². The summed E-state index contributed by atoms with van der Waals surface area (Å²) in [6.07, 6.45) is 6.28. The van der Waals surface area contributed by atoms with E-state index in [1.165, 1.54) is 12.8 Å². The number of carbonyl (C=O) groups excluding carboxylic acids is 1. The Morgan fingerprint density at radius 1 is 1.47 bits per heavy atom. The van der Waals surface area contributed by atoms with Crippen LogP contribution in [0.5, 0.6) is 0 Å². The quantitative estimate of drug-likeness (QED) is 0.748. The van der Waals surface area contributed by atoms with Gasteiger partial charge in [0.05, 0.1) is 5.54 Å². The molecule has 0 spiro atoms. The molecule has 3 nitrogen and oxygen atoms in total. The third-order valence-corrected chi connectivity index (χ3v) is 3.41. The van der Waals surface area contributed by atoms with E-state index in [1.807, 2.05) is 6.92 Å². The predicted octanol–water partition coefficient (Wildman–Crippen LogP) is 1.95. The lowest BCUT2D eigenvalue weighted by atomic mass is 9.93. The Hall–Kier alpha value is -0.570. The van der Waals surface area contributed by atoms with Crippen molar-refractivity contribution in [3.05, 3.63) is 0 Å². The van der Waals surface area contributed by atoms with E-state index in [-0.39, 0.29) is 11.4 Å². The molecule has 0 radical (unpaired) electrons. The van der Waals surface area contributed by atoms with Crippen molar-refractivity contribution in [2.24, 2.45) is 5.73 Å². The van der Waals surface area contributed by atoms with E-state index in [4.69, 9.17) is 5.73 Å². The Bertz CT molecular complexity index is 230. The number of hydrogen-bond donors (Lipinski definition) is 2. The van der Waals surface area contributed by atoms with E-state index in [0.29, 0.717) is 0 Å². The number of nitrogens with two attached hydrogens (primary N) is 1. The molecule has 1 aliphatic carbocycles. The Morgan fingerprint density at radius 3 is 2.47 bits per heavy atom. The van der Waals surface area contributed by atoms with Crippen LogP contribution < -0.4 is 11.1 Å². The summed E-state index contributed by atoms with van der Waals surface area (Å²) in [4.78, 5) is 12.0. The van der Waals surface area contributed by atoms with Gasteiger partial charge in [-0.05, 0) is 33.1 Å². The van der Waals surface area contributed by atoms with Crippen molar-refractivity contribution >= 4 is 5.91 Å². The SMILES string of the molecule is CCCC(C)(N)C(=O)NC1(C)CCCC1.